The van der Waals surface area contributed by atoms with E-state index in [0.29, 0.717) is 5.41 Å². The molecule has 0 radical (unpaired) electrons. The molecule has 0 bridgehead atoms. The van der Waals surface area contributed by atoms with Crippen molar-refractivity contribution in [3.8, 4) is 0 Å². The minimum atomic E-state index is 0.610. The number of aryl methyl sites for hydroxylation is 1. The molecule has 0 atom stereocenters. The predicted molar refractivity (Wildman–Crippen MR) is 54.7 cm³/mol. The molecule has 78 valence electrons. The van der Waals surface area contributed by atoms with E-state index >= 15 is 0 Å². The van der Waals surface area contributed by atoms with Crippen molar-refractivity contribution in [1.82, 2.24) is 20.1 Å². The Kier molecular flexibility index (Phi) is 2.54. The Bertz CT molecular complexity index is 301. The van der Waals surface area contributed by atoms with Crippen LogP contribution in [0.5, 0.6) is 0 Å². The Labute approximate surface area is 84.7 Å². The standard InChI is InChI=1S/C10H18N4/c1-3-10(4-5-10)7-11-6-9-13-12-8-14(9)2/h8,11H,3-7H2,1-2H3. The molecular formula is C10H18N4. The van der Waals surface area contributed by atoms with Crippen LogP contribution in [0.2, 0.25) is 0 Å². The van der Waals surface area contributed by atoms with Gasteiger partial charge >= 0.3 is 0 Å². The van der Waals surface area contributed by atoms with Gasteiger partial charge in [0, 0.05) is 13.6 Å². The van der Waals surface area contributed by atoms with Crippen molar-refractivity contribution in [3.63, 3.8) is 0 Å². The highest BCUT2D eigenvalue weighted by atomic mass is 15.3. The predicted octanol–water partition coefficient (Wildman–Crippen LogP) is 1.09. The second kappa shape index (κ2) is 3.69. The number of nitrogens with zero attached hydrogens (tertiary/aromatic N) is 3. The Hall–Kier alpha value is -0.900. The van der Waals surface area contributed by atoms with Crippen LogP contribution >= 0.6 is 0 Å². The van der Waals surface area contributed by atoms with Crippen LogP contribution in [0.25, 0.3) is 0 Å². The van der Waals surface area contributed by atoms with E-state index in [4.69, 9.17) is 0 Å². The molecule has 1 aromatic heterocycles. The largest absolute Gasteiger partial charge is 0.320 e. The van der Waals surface area contributed by atoms with Crippen molar-refractivity contribution < 1.29 is 0 Å². The number of nitrogens with one attached hydrogen (secondary N) is 1. The lowest BCUT2D eigenvalue weighted by Gasteiger charge is -2.12. The Balaban J connectivity index is 1.76. The molecule has 0 spiro atoms. The molecule has 0 aromatic carbocycles. The number of hydrogen-bond donors (Lipinski definition) is 1. The van der Waals surface area contributed by atoms with Gasteiger partial charge in [-0.15, -0.1) is 10.2 Å². The van der Waals surface area contributed by atoms with E-state index in [1.54, 1.807) is 6.33 Å². The van der Waals surface area contributed by atoms with Gasteiger partial charge in [-0.1, -0.05) is 6.92 Å². The Morgan fingerprint density at radius 2 is 2.36 bits per heavy atom. The van der Waals surface area contributed by atoms with E-state index in [1.165, 1.54) is 19.3 Å². The lowest BCUT2D eigenvalue weighted by Crippen LogP contribution is -2.24. The van der Waals surface area contributed by atoms with Gasteiger partial charge in [-0.05, 0) is 24.7 Å². The third-order valence-electron chi connectivity index (χ3n) is 3.30. The maximum Gasteiger partial charge on any atom is 0.146 e. The van der Waals surface area contributed by atoms with Gasteiger partial charge in [0.2, 0.25) is 0 Å². The normalized spacial score (nSPS) is 18.4. The Morgan fingerprint density at radius 1 is 1.57 bits per heavy atom. The van der Waals surface area contributed by atoms with Crippen LogP contribution in [0.15, 0.2) is 6.33 Å². The van der Waals surface area contributed by atoms with E-state index in [-0.39, 0.29) is 0 Å². The number of rotatable bonds is 5. The van der Waals surface area contributed by atoms with Crippen molar-refractivity contribution >= 4 is 0 Å². The summed E-state index contributed by atoms with van der Waals surface area (Å²) in [5, 5.41) is 11.3. The van der Waals surface area contributed by atoms with E-state index in [2.05, 4.69) is 22.4 Å². The molecule has 0 unspecified atom stereocenters. The molecule has 2 rings (SSSR count). The monoisotopic (exact) mass is 194 g/mol. The highest BCUT2D eigenvalue weighted by molar-refractivity contribution is 4.94. The fraction of sp³-hybridized carbons (Fsp3) is 0.800. The van der Waals surface area contributed by atoms with E-state index in [1.807, 2.05) is 11.6 Å². The first-order valence-corrected chi connectivity index (χ1v) is 5.29. The third kappa shape index (κ3) is 1.95. The molecule has 14 heavy (non-hydrogen) atoms. The maximum absolute atomic E-state index is 4.03. The zero-order valence-corrected chi connectivity index (χ0v) is 8.95. The molecule has 0 amide bonds. The summed E-state index contributed by atoms with van der Waals surface area (Å²) in [6, 6.07) is 0. The average molecular weight is 194 g/mol. The highest BCUT2D eigenvalue weighted by Crippen LogP contribution is 2.47. The Morgan fingerprint density at radius 3 is 2.86 bits per heavy atom. The third-order valence-corrected chi connectivity index (χ3v) is 3.30. The first-order chi connectivity index (χ1) is 6.76. The highest BCUT2D eigenvalue weighted by Gasteiger charge is 2.39. The van der Waals surface area contributed by atoms with Gasteiger partial charge in [0.15, 0.2) is 0 Å². The summed E-state index contributed by atoms with van der Waals surface area (Å²) in [4.78, 5) is 0. The maximum atomic E-state index is 4.03. The van der Waals surface area contributed by atoms with E-state index in [9.17, 15) is 0 Å². The van der Waals surface area contributed by atoms with Gasteiger partial charge in [0.1, 0.15) is 12.2 Å². The zero-order chi connectivity index (χ0) is 10.0. The summed E-state index contributed by atoms with van der Waals surface area (Å²) in [6.07, 6.45) is 5.80. The first kappa shape index (κ1) is 9.65. The number of hydrogen-bond acceptors (Lipinski definition) is 3. The lowest BCUT2D eigenvalue weighted by molar-refractivity contribution is 0.437. The summed E-state index contributed by atoms with van der Waals surface area (Å²) in [7, 11) is 1.98. The van der Waals surface area contributed by atoms with Crippen LogP contribution in [-0.2, 0) is 13.6 Å². The molecule has 1 N–H and O–H groups in total. The molecule has 1 heterocycles. The van der Waals surface area contributed by atoms with Crippen LogP contribution in [0.4, 0.5) is 0 Å². The van der Waals surface area contributed by atoms with Gasteiger partial charge < -0.3 is 9.88 Å². The average Bonchev–Trinajstić information content (AvgIpc) is 2.86. The van der Waals surface area contributed by atoms with Crippen molar-refractivity contribution in [3.05, 3.63) is 12.2 Å². The van der Waals surface area contributed by atoms with Gasteiger partial charge in [0.05, 0.1) is 6.54 Å². The molecule has 4 heteroatoms. The number of aromatic nitrogens is 3. The van der Waals surface area contributed by atoms with Crippen LogP contribution in [0.1, 0.15) is 32.0 Å². The molecule has 1 aromatic rings. The smallest absolute Gasteiger partial charge is 0.146 e. The fourth-order valence-corrected chi connectivity index (χ4v) is 1.74. The summed E-state index contributed by atoms with van der Waals surface area (Å²) in [6.45, 7) is 4.23. The van der Waals surface area contributed by atoms with Gasteiger partial charge in [-0.3, -0.25) is 0 Å². The minimum Gasteiger partial charge on any atom is -0.320 e. The quantitative estimate of drug-likeness (QED) is 0.763. The van der Waals surface area contributed by atoms with Crippen LogP contribution in [0.3, 0.4) is 0 Å². The van der Waals surface area contributed by atoms with Crippen LogP contribution < -0.4 is 5.32 Å². The fourth-order valence-electron chi connectivity index (χ4n) is 1.74. The molecule has 1 aliphatic carbocycles. The molecule has 1 aliphatic rings. The van der Waals surface area contributed by atoms with Crippen molar-refractivity contribution in [2.24, 2.45) is 12.5 Å². The molecule has 4 nitrogen and oxygen atoms in total. The second-order valence-corrected chi connectivity index (χ2v) is 4.32. The van der Waals surface area contributed by atoms with E-state index in [0.717, 1.165) is 18.9 Å². The summed E-state index contributed by atoms with van der Waals surface area (Å²) >= 11 is 0. The molecule has 1 saturated carbocycles. The first-order valence-electron chi connectivity index (χ1n) is 5.29. The van der Waals surface area contributed by atoms with E-state index < -0.39 is 0 Å². The van der Waals surface area contributed by atoms with Gasteiger partial charge in [0.25, 0.3) is 0 Å². The second-order valence-electron chi connectivity index (χ2n) is 4.32. The molecule has 0 saturated heterocycles. The summed E-state index contributed by atoms with van der Waals surface area (Å²) in [5.41, 5.74) is 0.610. The molecule has 1 fully saturated rings. The summed E-state index contributed by atoms with van der Waals surface area (Å²) in [5.74, 6) is 1.01. The van der Waals surface area contributed by atoms with Crippen molar-refractivity contribution in [1.29, 1.82) is 0 Å². The van der Waals surface area contributed by atoms with Crippen molar-refractivity contribution in [2.75, 3.05) is 6.54 Å². The van der Waals surface area contributed by atoms with Crippen LogP contribution in [-0.4, -0.2) is 21.3 Å². The molecule has 0 aliphatic heterocycles. The SMILES string of the molecule is CCC1(CNCc2nncn2C)CC1. The lowest BCUT2D eigenvalue weighted by atomic mass is 10.0. The van der Waals surface area contributed by atoms with Crippen LogP contribution in [0, 0.1) is 5.41 Å². The van der Waals surface area contributed by atoms with Gasteiger partial charge in [-0.2, -0.15) is 0 Å². The van der Waals surface area contributed by atoms with Crippen molar-refractivity contribution in [2.45, 2.75) is 32.7 Å². The minimum absolute atomic E-state index is 0.610. The summed E-state index contributed by atoms with van der Waals surface area (Å²) < 4.78 is 1.96. The molecular weight excluding hydrogens is 176 g/mol. The topological polar surface area (TPSA) is 42.7 Å². The zero-order valence-electron chi connectivity index (χ0n) is 8.95. The van der Waals surface area contributed by atoms with Gasteiger partial charge in [-0.25, -0.2) is 0 Å².